The predicted octanol–water partition coefficient (Wildman–Crippen LogP) is 1.79. The van der Waals surface area contributed by atoms with Gasteiger partial charge in [-0.25, -0.2) is 4.40 Å². The second kappa shape index (κ2) is 4.58. The second-order valence-electron chi connectivity index (χ2n) is 1.98. The zero-order chi connectivity index (χ0) is 7.28. The Morgan fingerprint density at radius 3 is 2.44 bits per heavy atom. The highest BCUT2D eigenvalue weighted by atomic mass is 32.2. The van der Waals surface area contributed by atoms with Gasteiger partial charge in [-0.05, 0) is 12.0 Å². The van der Waals surface area contributed by atoms with Gasteiger partial charge in [0.2, 0.25) is 0 Å². The van der Waals surface area contributed by atoms with Gasteiger partial charge in [0.05, 0.1) is 17.8 Å². The number of nitrogens with two attached hydrogens (primary N) is 1. The minimum absolute atomic E-state index is 0.415. The SMILES string of the molecule is C=C/C(=N\SN)C(C)C. The summed E-state index contributed by atoms with van der Waals surface area (Å²) in [4.78, 5) is 0. The molecule has 0 unspecified atom stereocenters. The van der Waals surface area contributed by atoms with Gasteiger partial charge in [0.1, 0.15) is 0 Å². The zero-order valence-corrected chi connectivity index (χ0v) is 6.61. The maximum atomic E-state index is 5.12. The number of rotatable bonds is 3. The molecule has 0 radical (unpaired) electrons. The van der Waals surface area contributed by atoms with E-state index in [1.165, 1.54) is 0 Å². The summed E-state index contributed by atoms with van der Waals surface area (Å²) in [6.45, 7) is 7.71. The predicted molar refractivity (Wildman–Crippen MR) is 44.2 cm³/mol. The smallest absolute Gasteiger partial charge is 0.0558 e. The van der Waals surface area contributed by atoms with Crippen LogP contribution in [0.15, 0.2) is 17.1 Å². The summed E-state index contributed by atoms with van der Waals surface area (Å²) in [6.07, 6.45) is 1.73. The molecule has 0 aromatic rings. The molecule has 0 aromatic heterocycles. The molecule has 0 amide bonds. The number of hydrogen-bond donors (Lipinski definition) is 1. The Kier molecular flexibility index (Phi) is 4.44. The van der Waals surface area contributed by atoms with Crippen molar-refractivity contribution >= 4 is 17.8 Å². The number of allylic oxidation sites excluding steroid dienone is 1. The Labute approximate surface area is 60.5 Å². The van der Waals surface area contributed by atoms with Crippen molar-refractivity contribution in [3.8, 4) is 0 Å². The quantitative estimate of drug-likeness (QED) is 0.484. The van der Waals surface area contributed by atoms with E-state index in [0.717, 1.165) is 17.8 Å². The largest absolute Gasteiger partial charge is 0.258 e. The van der Waals surface area contributed by atoms with Crippen molar-refractivity contribution in [2.75, 3.05) is 0 Å². The van der Waals surface area contributed by atoms with Gasteiger partial charge in [-0.15, -0.1) is 0 Å². The summed E-state index contributed by atoms with van der Waals surface area (Å²) in [6, 6.07) is 0. The molecule has 3 heteroatoms. The monoisotopic (exact) mass is 144 g/mol. The minimum Gasteiger partial charge on any atom is -0.258 e. The van der Waals surface area contributed by atoms with E-state index in [1.54, 1.807) is 6.08 Å². The van der Waals surface area contributed by atoms with Crippen molar-refractivity contribution in [2.45, 2.75) is 13.8 Å². The van der Waals surface area contributed by atoms with Crippen LogP contribution in [0, 0.1) is 5.92 Å². The molecule has 0 aliphatic heterocycles. The maximum absolute atomic E-state index is 5.12. The Morgan fingerprint density at radius 1 is 1.78 bits per heavy atom. The fraction of sp³-hybridized carbons (Fsp3) is 0.500. The summed E-state index contributed by atoms with van der Waals surface area (Å²) in [7, 11) is 0. The average Bonchev–Trinajstić information content (AvgIpc) is 1.82. The maximum Gasteiger partial charge on any atom is 0.0558 e. The lowest BCUT2D eigenvalue weighted by molar-refractivity contribution is 0.893. The topological polar surface area (TPSA) is 38.4 Å². The lowest BCUT2D eigenvalue weighted by Crippen LogP contribution is -2.02. The Morgan fingerprint density at radius 2 is 2.33 bits per heavy atom. The third-order valence-electron chi connectivity index (χ3n) is 0.959. The van der Waals surface area contributed by atoms with Gasteiger partial charge < -0.3 is 0 Å². The molecule has 0 aliphatic rings. The normalized spacial score (nSPS) is 12.2. The van der Waals surface area contributed by atoms with Crippen molar-refractivity contribution in [1.29, 1.82) is 0 Å². The molecule has 9 heavy (non-hydrogen) atoms. The van der Waals surface area contributed by atoms with Crippen LogP contribution < -0.4 is 5.14 Å². The number of hydrogen-bond acceptors (Lipinski definition) is 3. The summed E-state index contributed by atoms with van der Waals surface area (Å²) < 4.78 is 3.94. The van der Waals surface area contributed by atoms with Crippen molar-refractivity contribution in [3.05, 3.63) is 12.7 Å². The van der Waals surface area contributed by atoms with Crippen LogP contribution in [0.4, 0.5) is 0 Å². The van der Waals surface area contributed by atoms with Crippen molar-refractivity contribution < 1.29 is 0 Å². The van der Waals surface area contributed by atoms with Crippen molar-refractivity contribution in [1.82, 2.24) is 0 Å². The van der Waals surface area contributed by atoms with Crippen molar-refractivity contribution in [3.63, 3.8) is 0 Å². The van der Waals surface area contributed by atoms with Gasteiger partial charge in [0, 0.05) is 0 Å². The van der Waals surface area contributed by atoms with Crippen LogP contribution in [0.2, 0.25) is 0 Å². The molecule has 2 N–H and O–H groups in total. The first-order chi connectivity index (χ1) is 4.22. The Hall–Kier alpha value is -0.280. The van der Waals surface area contributed by atoms with Gasteiger partial charge >= 0.3 is 0 Å². The minimum atomic E-state index is 0.415. The molecule has 0 aromatic carbocycles. The van der Waals surface area contributed by atoms with E-state index in [4.69, 9.17) is 5.14 Å². The van der Waals surface area contributed by atoms with Crippen LogP contribution in [-0.4, -0.2) is 5.71 Å². The molecule has 0 bridgehead atoms. The molecule has 0 heterocycles. The molecule has 0 rings (SSSR count). The molecule has 2 nitrogen and oxygen atoms in total. The highest BCUT2D eigenvalue weighted by molar-refractivity contribution is 7.95. The lowest BCUT2D eigenvalue weighted by atomic mass is 10.1. The molecular weight excluding hydrogens is 132 g/mol. The second-order valence-corrected chi connectivity index (χ2v) is 2.37. The molecule has 0 spiro atoms. The molecular formula is C6H12N2S. The fourth-order valence-electron chi connectivity index (χ4n) is 0.439. The third-order valence-corrected chi connectivity index (χ3v) is 1.28. The molecule has 0 saturated heterocycles. The highest BCUT2D eigenvalue weighted by Crippen LogP contribution is 2.01. The van der Waals surface area contributed by atoms with Crippen LogP contribution in [0.25, 0.3) is 0 Å². The number of nitrogens with zero attached hydrogens (tertiary/aromatic N) is 1. The van der Waals surface area contributed by atoms with Crippen LogP contribution in [-0.2, 0) is 0 Å². The lowest BCUT2D eigenvalue weighted by Gasteiger charge is -2.00. The third kappa shape index (κ3) is 3.32. The highest BCUT2D eigenvalue weighted by Gasteiger charge is 1.97. The summed E-state index contributed by atoms with van der Waals surface area (Å²) in [5.74, 6) is 0.415. The van der Waals surface area contributed by atoms with E-state index < -0.39 is 0 Å². The summed E-state index contributed by atoms with van der Waals surface area (Å²) >= 11 is 0.979. The van der Waals surface area contributed by atoms with Crippen molar-refractivity contribution in [2.24, 2.45) is 15.5 Å². The molecule has 52 valence electrons. The standard InChI is InChI=1S/C6H12N2S/c1-4-6(5(2)3)8-9-7/h4-5H,1,7H2,2-3H3/b8-6+. The van der Waals surface area contributed by atoms with Crippen LogP contribution in [0.3, 0.4) is 0 Å². The van der Waals surface area contributed by atoms with E-state index >= 15 is 0 Å². The summed E-state index contributed by atoms with van der Waals surface area (Å²) in [5, 5.41) is 5.12. The first-order valence-corrected chi connectivity index (χ1v) is 3.62. The van der Waals surface area contributed by atoms with E-state index in [9.17, 15) is 0 Å². The van der Waals surface area contributed by atoms with Gasteiger partial charge in [-0.3, -0.25) is 5.14 Å². The van der Waals surface area contributed by atoms with Crippen LogP contribution in [0.1, 0.15) is 13.8 Å². The molecule has 0 saturated carbocycles. The van der Waals surface area contributed by atoms with Gasteiger partial charge in [-0.2, -0.15) is 0 Å². The van der Waals surface area contributed by atoms with Gasteiger partial charge in [0.25, 0.3) is 0 Å². The van der Waals surface area contributed by atoms with E-state index in [2.05, 4.69) is 24.8 Å². The Balaban J connectivity index is 3.97. The fourth-order valence-corrected chi connectivity index (χ4v) is 0.846. The first-order valence-electron chi connectivity index (χ1n) is 2.78. The molecule has 0 atom stereocenters. The van der Waals surface area contributed by atoms with Gasteiger partial charge in [-0.1, -0.05) is 20.4 Å². The molecule has 0 fully saturated rings. The van der Waals surface area contributed by atoms with Crippen LogP contribution >= 0.6 is 12.1 Å². The van der Waals surface area contributed by atoms with Gasteiger partial charge in [0.15, 0.2) is 0 Å². The Bertz CT molecular complexity index is 118. The van der Waals surface area contributed by atoms with Crippen LogP contribution in [0.5, 0.6) is 0 Å². The molecule has 0 aliphatic carbocycles. The van der Waals surface area contributed by atoms with E-state index in [0.29, 0.717) is 5.92 Å². The summed E-state index contributed by atoms with van der Waals surface area (Å²) in [5.41, 5.74) is 0.947. The zero-order valence-electron chi connectivity index (χ0n) is 5.79. The van der Waals surface area contributed by atoms with E-state index in [-0.39, 0.29) is 0 Å². The first kappa shape index (κ1) is 8.72. The average molecular weight is 144 g/mol. The van der Waals surface area contributed by atoms with E-state index in [1.807, 2.05) is 0 Å².